The van der Waals surface area contributed by atoms with Gasteiger partial charge in [-0.15, -0.1) is 0 Å². The van der Waals surface area contributed by atoms with Gasteiger partial charge in [0.2, 0.25) is 5.95 Å². The van der Waals surface area contributed by atoms with Crippen LogP contribution in [0.1, 0.15) is 30.9 Å². The van der Waals surface area contributed by atoms with E-state index in [0.29, 0.717) is 22.9 Å². The molecule has 0 amide bonds. The fraction of sp³-hybridized carbons (Fsp3) is 0.368. The van der Waals surface area contributed by atoms with Gasteiger partial charge in [-0.05, 0) is 37.5 Å². The topological polar surface area (TPSA) is 66.8 Å². The van der Waals surface area contributed by atoms with Crippen LogP contribution in [0.3, 0.4) is 0 Å². The van der Waals surface area contributed by atoms with Gasteiger partial charge < -0.3 is 10.2 Å². The van der Waals surface area contributed by atoms with Crippen molar-refractivity contribution in [1.29, 1.82) is 0 Å². The van der Waals surface area contributed by atoms with E-state index in [1.165, 1.54) is 5.56 Å². The monoisotopic (exact) mass is 336 g/mol. The molecule has 0 saturated carbocycles. The van der Waals surface area contributed by atoms with Crippen molar-refractivity contribution in [2.45, 2.75) is 33.6 Å². The lowest BCUT2D eigenvalue weighted by molar-refractivity contribution is 0.751. The minimum atomic E-state index is 0.601. The molecular formula is C19H24N6. The number of fused-ring (bicyclic) bond motifs is 1. The predicted octanol–water partition coefficient (Wildman–Crippen LogP) is 4.02. The first-order chi connectivity index (χ1) is 12.1. The number of unbranched alkanes of at least 4 members (excludes halogenated alkanes) is 1. The third-order valence-corrected chi connectivity index (χ3v) is 4.16. The molecule has 2 aromatic heterocycles. The molecule has 130 valence electrons. The van der Waals surface area contributed by atoms with Crippen LogP contribution in [0.4, 0.5) is 17.5 Å². The second-order valence-electron chi connectivity index (χ2n) is 6.32. The predicted molar refractivity (Wildman–Crippen MR) is 103 cm³/mol. The average Bonchev–Trinajstić information content (AvgIpc) is 2.62. The molecule has 3 aromatic rings. The molecule has 0 atom stereocenters. The summed E-state index contributed by atoms with van der Waals surface area (Å²) in [6, 6.07) is 6.31. The quantitative estimate of drug-likeness (QED) is 0.733. The lowest BCUT2D eigenvalue weighted by Gasteiger charge is -2.18. The molecule has 0 aliphatic carbocycles. The number of benzene rings is 1. The number of anilines is 3. The molecule has 0 fully saturated rings. The van der Waals surface area contributed by atoms with Crippen molar-refractivity contribution >= 4 is 28.6 Å². The second kappa shape index (κ2) is 7.42. The van der Waals surface area contributed by atoms with E-state index >= 15 is 0 Å². The van der Waals surface area contributed by atoms with Gasteiger partial charge in [0, 0.05) is 31.7 Å². The lowest BCUT2D eigenvalue weighted by Crippen LogP contribution is -2.21. The molecule has 2 heterocycles. The Kier molecular flexibility index (Phi) is 5.07. The highest BCUT2D eigenvalue weighted by atomic mass is 15.3. The molecule has 0 radical (unpaired) electrons. The largest absolute Gasteiger partial charge is 0.344 e. The zero-order valence-electron chi connectivity index (χ0n) is 15.2. The van der Waals surface area contributed by atoms with Crippen LogP contribution in [0.15, 0.2) is 30.6 Å². The van der Waals surface area contributed by atoms with Crippen LogP contribution in [0.25, 0.3) is 11.2 Å². The van der Waals surface area contributed by atoms with Gasteiger partial charge in [0.25, 0.3) is 0 Å². The Balaban J connectivity index is 2.04. The normalized spacial score (nSPS) is 10.9. The Hall–Kier alpha value is -2.76. The van der Waals surface area contributed by atoms with E-state index in [2.05, 4.69) is 64.1 Å². The molecule has 6 nitrogen and oxygen atoms in total. The molecule has 6 heteroatoms. The zero-order valence-corrected chi connectivity index (χ0v) is 15.2. The smallest absolute Gasteiger partial charge is 0.229 e. The van der Waals surface area contributed by atoms with E-state index in [1.54, 1.807) is 12.4 Å². The van der Waals surface area contributed by atoms with Crippen molar-refractivity contribution in [3.05, 3.63) is 41.7 Å². The van der Waals surface area contributed by atoms with Gasteiger partial charge in [-0.3, -0.25) is 0 Å². The summed E-state index contributed by atoms with van der Waals surface area (Å²) >= 11 is 0. The zero-order chi connectivity index (χ0) is 17.8. The summed E-state index contributed by atoms with van der Waals surface area (Å²) in [6.45, 7) is 7.23. The summed E-state index contributed by atoms with van der Waals surface area (Å²) in [5.41, 5.74) is 4.65. The minimum Gasteiger partial charge on any atom is -0.344 e. The number of hydrogen-bond donors (Lipinski definition) is 1. The van der Waals surface area contributed by atoms with Crippen LogP contribution in [-0.4, -0.2) is 33.5 Å². The number of aromatic nitrogens is 4. The summed E-state index contributed by atoms with van der Waals surface area (Å²) in [5, 5.41) is 3.43. The maximum atomic E-state index is 4.72. The summed E-state index contributed by atoms with van der Waals surface area (Å²) in [7, 11) is 2.01. The molecule has 1 N–H and O–H groups in total. The Morgan fingerprint density at radius 2 is 1.88 bits per heavy atom. The highest BCUT2D eigenvalue weighted by Gasteiger charge is 2.13. The van der Waals surface area contributed by atoms with Gasteiger partial charge >= 0.3 is 0 Å². The van der Waals surface area contributed by atoms with Crippen molar-refractivity contribution in [2.75, 3.05) is 23.8 Å². The van der Waals surface area contributed by atoms with Gasteiger partial charge in [-0.1, -0.05) is 25.5 Å². The first kappa shape index (κ1) is 17.1. The molecule has 0 bridgehead atoms. The van der Waals surface area contributed by atoms with Crippen molar-refractivity contribution in [2.24, 2.45) is 0 Å². The molecule has 1 aromatic carbocycles. The third kappa shape index (κ3) is 3.84. The number of nitrogens with one attached hydrogen (secondary N) is 1. The van der Waals surface area contributed by atoms with Crippen LogP contribution < -0.4 is 10.2 Å². The van der Waals surface area contributed by atoms with Crippen LogP contribution in [0, 0.1) is 13.8 Å². The van der Waals surface area contributed by atoms with E-state index in [4.69, 9.17) is 4.98 Å². The van der Waals surface area contributed by atoms with E-state index in [0.717, 1.165) is 30.6 Å². The van der Waals surface area contributed by atoms with Gasteiger partial charge in [0.05, 0.1) is 0 Å². The summed E-state index contributed by atoms with van der Waals surface area (Å²) in [5.74, 6) is 1.35. The van der Waals surface area contributed by atoms with Gasteiger partial charge in [0.15, 0.2) is 17.0 Å². The van der Waals surface area contributed by atoms with Crippen molar-refractivity contribution in [1.82, 2.24) is 19.9 Å². The van der Waals surface area contributed by atoms with Crippen LogP contribution in [0.2, 0.25) is 0 Å². The van der Waals surface area contributed by atoms with Crippen LogP contribution in [-0.2, 0) is 0 Å². The van der Waals surface area contributed by atoms with E-state index < -0.39 is 0 Å². The fourth-order valence-electron chi connectivity index (χ4n) is 2.60. The third-order valence-electron chi connectivity index (χ3n) is 4.16. The maximum absolute atomic E-state index is 4.72. The maximum Gasteiger partial charge on any atom is 0.229 e. The summed E-state index contributed by atoms with van der Waals surface area (Å²) in [4.78, 5) is 20.1. The van der Waals surface area contributed by atoms with E-state index in [-0.39, 0.29) is 0 Å². The van der Waals surface area contributed by atoms with Gasteiger partial charge in [-0.25, -0.2) is 9.97 Å². The van der Waals surface area contributed by atoms with Crippen molar-refractivity contribution in [3.63, 3.8) is 0 Å². The summed E-state index contributed by atoms with van der Waals surface area (Å²) < 4.78 is 0. The molecule has 0 spiro atoms. The Morgan fingerprint density at radius 1 is 1.08 bits per heavy atom. The highest BCUT2D eigenvalue weighted by Crippen LogP contribution is 2.26. The van der Waals surface area contributed by atoms with Gasteiger partial charge in [-0.2, -0.15) is 9.97 Å². The van der Waals surface area contributed by atoms with E-state index in [1.807, 2.05) is 7.05 Å². The number of nitrogens with zero attached hydrogens (tertiary/aromatic N) is 5. The van der Waals surface area contributed by atoms with Crippen LogP contribution >= 0.6 is 0 Å². The summed E-state index contributed by atoms with van der Waals surface area (Å²) in [6.07, 6.45) is 5.55. The SMILES string of the molecule is CCCCN(C)c1nc(Nc2cc(C)ccc2C)c2nccnc2n1. The van der Waals surface area contributed by atoms with Gasteiger partial charge in [0.1, 0.15) is 0 Å². The molecule has 0 aliphatic heterocycles. The minimum absolute atomic E-state index is 0.601. The van der Waals surface area contributed by atoms with Crippen molar-refractivity contribution in [3.8, 4) is 0 Å². The molecule has 0 aliphatic rings. The molecular weight excluding hydrogens is 312 g/mol. The average molecular weight is 336 g/mol. The number of rotatable bonds is 6. The van der Waals surface area contributed by atoms with Crippen LogP contribution in [0.5, 0.6) is 0 Å². The van der Waals surface area contributed by atoms with Crippen molar-refractivity contribution < 1.29 is 0 Å². The van der Waals surface area contributed by atoms with E-state index in [9.17, 15) is 0 Å². The number of hydrogen-bond acceptors (Lipinski definition) is 6. The highest BCUT2D eigenvalue weighted by molar-refractivity contribution is 5.86. The standard InChI is InChI=1S/C19H24N6/c1-5-6-11-25(4)19-23-17-16(20-9-10-21-17)18(24-19)22-15-12-13(2)7-8-14(15)3/h7-10,12H,5-6,11H2,1-4H3,(H,21,22,23,24). The second-order valence-corrected chi connectivity index (χ2v) is 6.32. The number of aryl methyl sites for hydroxylation is 2. The fourth-order valence-corrected chi connectivity index (χ4v) is 2.60. The lowest BCUT2D eigenvalue weighted by atomic mass is 10.1. The Bertz CT molecular complexity index is 877. The Morgan fingerprint density at radius 3 is 2.68 bits per heavy atom. The first-order valence-corrected chi connectivity index (χ1v) is 8.62. The molecule has 3 rings (SSSR count). The Labute approximate surface area is 148 Å². The molecule has 0 unspecified atom stereocenters. The molecule has 0 saturated heterocycles. The molecule has 25 heavy (non-hydrogen) atoms. The first-order valence-electron chi connectivity index (χ1n) is 8.62.